The van der Waals surface area contributed by atoms with Crippen molar-refractivity contribution >= 4 is 22.4 Å². The van der Waals surface area contributed by atoms with Crippen molar-refractivity contribution in [2.24, 2.45) is 0 Å². The lowest BCUT2D eigenvalue weighted by atomic mass is 10.1. The number of methoxy groups -OCH3 is 1. The van der Waals surface area contributed by atoms with Gasteiger partial charge in [0.2, 0.25) is 0 Å². The maximum absolute atomic E-state index is 13.5. The monoisotopic (exact) mass is 358 g/mol. The molecule has 0 saturated heterocycles. The van der Waals surface area contributed by atoms with Crippen molar-refractivity contribution in [1.29, 1.82) is 0 Å². The lowest BCUT2D eigenvalue weighted by Crippen LogP contribution is -2.20. The van der Waals surface area contributed by atoms with E-state index in [1.54, 1.807) is 17.5 Å². The van der Waals surface area contributed by atoms with E-state index in [2.05, 4.69) is 10.3 Å². The Kier molecular flexibility index (Phi) is 5.25. The molecule has 0 spiro atoms. The van der Waals surface area contributed by atoms with E-state index in [9.17, 15) is 9.18 Å². The highest BCUT2D eigenvalue weighted by atomic mass is 32.1. The van der Waals surface area contributed by atoms with Gasteiger partial charge in [0, 0.05) is 10.9 Å². The molecule has 1 aromatic heterocycles. The number of carbonyl (C=O) groups excluding carboxylic acids is 1. The van der Waals surface area contributed by atoms with E-state index < -0.39 is 0 Å². The van der Waals surface area contributed by atoms with Crippen LogP contribution in [-0.4, -0.2) is 24.6 Å². The fraction of sp³-hybridized carbons (Fsp3) is 0.111. The van der Waals surface area contributed by atoms with Crippen molar-refractivity contribution in [3.63, 3.8) is 0 Å². The Morgan fingerprint density at radius 1 is 1.24 bits per heavy atom. The van der Waals surface area contributed by atoms with Gasteiger partial charge in [0.05, 0.1) is 12.8 Å². The molecule has 0 saturated carbocycles. The number of nitrogens with zero attached hydrogens (tertiary/aromatic N) is 1. The minimum atomic E-state index is -0.384. The number of para-hydroxylation sites is 1. The van der Waals surface area contributed by atoms with Gasteiger partial charge in [0.25, 0.3) is 5.91 Å². The second-order valence-electron chi connectivity index (χ2n) is 5.03. The van der Waals surface area contributed by atoms with Gasteiger partial charge in [-0.05, 0) is 30.3 Å². The molecule has 7 heteroatoms. The van der Waals surface area contributed by atoms with Crippen LogP contribution in [0, 0.1) is 5.82 Å². The standard InChI is InChI=1S/C18H15FN2O3S/c1-23-16-8-7-12(19)9-14(16)15-11-25-18(20-15)21-17(22)10-24-13-5-3-2-4-6-13/h2-9,11H,10H2,1H3,(H,20,21,22). The number of hydrogen-bond acceptors (Lipinski definition) is 5. The van der Waals surface area contributed by atoms with Gasteiger partial charge in [-0.25, -0.2) is 9.37 Å². The van der Waals surface area contributed by atoms with Crippen LogP contribution in [0.3, 0.4) is 0 Å². The molecule has 5 nitrogen and oxygen atoms in total. The minimum absolute atomic E-state index is 0.123. The van der Waals surface area contributed by atoms with E-state index in [-0.39, 0.29) is 18.3 Å². The number of hydrogen-bond donors (Lipinski definition) is 1. The Hall–Kier alpha value is -2.93. The molecule has 1 N–H and O–H groups in total. The number of carbonyl (C=O) groups is 1. The molecule has 3 rings (SSSR count). The van der Waals surface area contributed by atoms with E-state index in [0.29, 0.717) is 27.9 Å². The van der Waals surface area contributed by atoms with Crippen molar-refractivity contribution < 1.29 is 18.7 Å². The summed E-state index contributed by atoms with van der Waals surface area (Å²) < 4.78 is 24.1. The summed E-state index contributed by atoms with van der Waals surface area (Å²) >= 11 is 1.24. The number of thiazole rings is 1. The lowest BCUT2D eigenvalue weighted by Gasteiger charge is -2.06. The molecule has 0 unspecified atom stereocenters. The number of anilines is 1. The van der Waals surface area contributed by atoms with E-state index >= 15 is 0 Å². The number of amides is 1. The molecule has 0 fully saturated rings. The van der Waals surface area contributed by atoms with Gasteiger partial charge in [-0.1, -0.05) is 18.2 Å². The molecular formula is C18H15FN2O3S. The van der Waals surface area contributed by atoms with Crippen LogP contribution >= 0.6 is 11.3 Å². The molecule has 0 aliphatic heterocycles. The predicted molar refractivity (Wildman–Crippen MR) is 94.6 cm³/mol. The van der Waals surface area contributed by atoms with E-state index in [1.807, 2.05) is 18.2 Å². The molecule has 1 amide bonds. The molecule has 0 aliphatic rings. The van der Waals surface area contributed by atoms with Crippen LogP contribution in [-0.2, 0) is 4.79 Å². The molecule has 0 aliphatic carbocycles. The molecule has 0 radical (unpaired) electrons. The minimum Gasteiger partial charge on any atom is -0.496 e. The smallest absolute Gasteiger partial charge is 0.264 e. The third-order valence-electron chi connectivity index (χ3n) is 3.30. The van der Waals surface area contributed by atoms with E-state index in [0.717, 1.165) is 0 Å². The molecule has 128 valence electrons. The highest BCUT2D eigenvalue weighted by Gasteiger charge is 2.13. The van der Waals surface area contributed by atoms with Gasteiger partial charge in [-0.15, -0.1) is 11.3 Å². The fourth-order valence-electron chi connectivity index (χ4n) is 2.16. The topological polar surface area (TPSA) is 60.5 Å². The molecule has 1 heterocycles. The molecule has 25 heavy (non-hydrogen) atoms. The number of ether oxygens (including phenoxy) is 2. The average molecular weight is 358 g/mol. The van der Waals surface area contributed by atoms with Crippen LogP contribution in [0.5, 0.6) is 11.5 Å². The van der Waals surface area contributed by atoms with Crippen molar-refractivity contribution in [3.8, 4) is 22.8 Å². The summed E-state index contributed by atoms with van der Waals surface area (Å²) in [5, 5.41) is 4.80. The third kappa shape index (κ3) is 4.33. The quantitative estimate of drug-likeness (QED) is 0.724. The normalized spacial score (nSPS) is 10.3. The van der Waals surface area contributed by atoms with Crippen LogP contribution in [0.2, 0.25) is 0 Å². The lowest BCUT2D eigenvalue weighted by molar-refractivity contribution is -0.118. The Balaban J connectivity index is 1.65. The molecular weight excluding hydrogens is 343 g/mol. The Morgan fingerprint density at radius 3 is 2.80 bits per heavy atom. The van der Waals surface area contributed by atoms with Crippen molar-refractivity contribution in [3.05, 3.63) is 59.7 Å². The maximum Gasteiger partial charge on any atom is 0.264 e. The van der Waals surface area contributed by atoms with Crippen LogP contribution < -0.4 is 14.8 Å². The zero-order valence-electron chi connectivity index (χ0n) is 13.4. The third-order valence-corrected chi connectivity index (χ3v) is 4.06. The van der Waals surface area contributed by atoms with Crippen molar-refractivity contribution in [2.75, 3.05) is 19.0 Å². The largest absolute Gasteiger partial charge is 0.496 e. The summed E-state index contributed by atoms with van der Waals surface area (Å²) in [6, 6.07) is 13.3. The van der Waals surface area contributed by atoms with Gasteiger partial charge >= 0.3 is 0 Å². The first-order valence-corrected chi connectivity index (χ1v) is 8.31. The fourth-order valence-corrected chi connectivity index (χ4v) is 2.88. The molecule has 2 aromatic carbocycles. The number of halogens is 1. The Bertz CT molecular complexity index is 868. The molecule has 0 bridgehead atoms. The van der Waals surface area contributed by atoms with Gasteiger partial charge in [0.15, 0.2) is 11.7 Å². The van der Waals surface area contributed by atoms with Gasteiger partial charge in [-0.3, -0.25) is 10.1 Å². The van der Waals surface area contributed by atoms with E-state index in [1.165, 1.54) is 36.6 Å². The molecule has 3 aromatic rings. The summed E-state index contributed by atoms with van der Waals surface area (Å²) in [7, 11) is 1.51. The summed E-state index contributed by atoms with van der Waals surface area (Å²) in [5.74, 6) is 0.417. The van der Waals surface area contributed by atoms with Gasteiger partial charge in [0.1, 0.15) is 17.3 Å². The highest BCUT2D eigenvalue weighted by Crippen LogP contribution is 2.32. The Labute approximate surface area is 148 Å². The zero-order chi connectivity index (χ0) is 17.6. The predicted octanol–water partition coefficient (Wildman–Crippen LogP) is 3.98. The van der Waals surface area contributed by atoms with Crippen LogP contribution in [0.1, 0.15) is 0 Å². The summed E-state index contributed by atoms with van der Waals surface area (Å²) in [6.45, 7) is -0.123. The summed E-state index contributed by atoms with van der Waals surface area (Å²) in [5.41, 5.74) is 1.06. The SMILES string of the molecule is COc1ccc(F)cc1-c1csc(NC(=O)COc2ccccc2)n1. The zero-order valence-corrected chi connectivity index (χ0v) is 14.2. The van der Waals surface area contributed by atoms with Crippen molar-refractivity contribution in [2.45, 2.75) is 0 Å². The number of aromatic nitrogens is 1. The summed E-state index contributed by atoms with van der Waals surface area (Å²) in [4.78, 5) is 16.3. The van der Waals surface area contributed by atoms with Crippen LogP contribution in [0.4, 0.5) is 9.52 Å². The Morgan fingerprint density at radius 2 is 2.04 bits per heavy atom. The summed E-state index contributed by atoms with van der Waals surface area (Å²) in [6.07, 6.45) is 0. The average Bonchev–Trinajstić information content (AvgIpc) is 3.09. The first-order chi connectivity index (χ1) is 12.2. The number of benzene rings is 2. The number of rotatable bonds is 6. The first kappa shape index (κ1) is 16.9. The second kappa shape index (κ2) is 7.76. The van der Waals surface area contributed by atoms with E-state index in [4.69, 9.17) is 9.47 Å². The highest BCUT2D eigenvalue weighted by molar-refractivity contribution is 7.14. The second-order valence-corrected chi connectivity index (χ2v) is 5.89. The van der Waals surface area contributed by atoms with Crippen molar-refractivity contribution in [1.82, 2.24) is 4.98 Å². The van der Waals surface area contributed by atoms with Gasteiger partial charge < -0.3 is 9.47 Å². The molecule has 0 atom stereocenters. The maximum atomic E-state index is 13.5. The van der Waals surface area contributed by atoms with Gasteiger partial charge in [-0.2, -0.15) is 0 Å². The number of nitrogens with one attached hydrogen (secondary N) is 1. The van der Waals surface area contributed by atoms with Crippen LogP contribution in [0.25, 0.3) is 11.3 Å². The first-order valence-electron chi connectivity index (χ1n) is 7.43. The van der Waals surface area contributed by atoms with Crippen LogP contribution in [0.15, 0.2) is 53.9 Å².